The Morgan fingerprint density at radius 3 is 2.60 bits per heavy atom. The molecule has 2 aliphatic rings. The molecule has 2 heterocycles. The molecule has 1 saturated carbocycles. The molecule has 0 bridgehead atoms. The van der Waals surface area contributed by atoms with Crippen LogP contribution in [0, 0.1) is 11.8 Å². The number of nitrogens with one attached hydrogen (secondary N) is 1. The maximum atomic E-state index is 12.3. The molecule has 7 heteroatoms. The lowest BCUT2D eigenvalue weighted by Crippen LogP contribution is -2.41. The Morgan fingerprint density at radius 2 is 2.00 bits per heavy atom. The fourth-order valence-electron chi connectivity index (χ4n) is 3.14. The predicted octanol–water partition coefficient (Wildman–Crippen LogP) is 2.06. The molecule has 1 aliphatic carbocycles. The summed E-state index contributed by atoms with van der Waals surface area (Å²) < 4.78 is 5.16. The first kappa shape index (κ1) is 17.9. The number of hydrogen-bond acceptors (Lipinski definition) is 5. The summed E-state index contributed by atoms with van der Waals surface area (Å²) in [7, 11) is 0. The molecule has 6 nitrogen and oxygen atoms in total. The summed E-state index contributed by atoms with van der Waals surface area (Å²) in [5.74, 6) is -0.211. The van der Waals surface area contributed by atoms with Gasteiger partial charge in [0.25, 0.3) is 11.8 Å². The fraction of sp³-hybridized carbons (Fsp3) is 0.611. The topological polar surface area (TPSA) is 75.7 Å². The number of ether oxygens (including phenoxy) is 1. The van der Waals surface area contributed by atoms with Crippen LogP contribution in [0.1, 0.15) is 42.3 Å². The van der Waals surface area contributed by atoms with Crippen molar-refractivity contribution in [1.82, 2.24) is 10.2 Å². The van der Waals surface area contributed by atoms with E-state index in [1.54, 1.807) is 4.90 Å². The van der Waals surface area contributed by atoms with Gasteiger partial charge in [-0.05, 0) is 50.0 Å². The molecule has 0 spiro atoms. The van der Waals surface area contributed by atoms with Gasteiger partial charge in [0.15, 0.2) is 6.61 Å². The first-order valence-electron chi connectivity index (χ1n) is 8.83. The molecule has 1 aromatic rings. The molecule has 1 aromatic heterocycles. The second kappa shape index (κ2) is 7.99. The van der Waals surface area contributed by atoms with E-state index >= 15 is 0 Å². The van der Waals surface area contributed by atoms with E-state index in [0.29, 0.717) is 31.8 Å². The number of rotatable bonds is 6. The first-order valence-corrected chi connectivity index (χ1v) is 9.71. The predicted molar refractivity (Wildman–Crippen MR) is 94.2 cm³/mol. The van der Waals surface area contributed by atoms with Crippen molar-refractivity contribution >= 4 is 29.1 Å². The Labute approximate surface area is 151 Å². The zero-order chi connectivity index (χ0) is 17.8. The van der Waals surface area contributed by atoms with Crippen LogP contribution in [0.4, 0.5) is 0 Å². The highest BCUT2D eigenvalue weighted by Gasteiger charge is 2.31. The second-order valence-corrected chi connectivity index (χ2v) is 7.79. The third-order valence-electron chi connectivity index (χ3n) is 4.91. The Bertz CT molecular complexity index is 619. The summed E-state index contributed by atoms with van der Waals surface area (Å²) in [6.07, 6.45) is 3.47. The average molecular weight is 364 g/mol. The maximum absolute atomic E-state index is 12.3. The van der Waals surface area contributed by atoms with Crippen molar-refractivity contribution in [2.24, 2.45) is 11.8 Å². The number of likely N-dealkylation sites (tertiary alicyclic amines) is 1. The monoisotopic (exact) mass is 364 g/mol. The van der Waals surface area contributed by atoms with Crippen molar-refractivity contribution in [3.63, 3.8) is 0 Å². The molecule has 1 saturated heterocycles. The van der Waals surface area contributed by atoms with Crippen molar-refractivity contribution in [1.29, 1.82) is 0 Å². The number of carbonyl (C=O) groups is 3. The van der Waals surface area contributed by atoms with Crippen LogP contribution in [0.15, 0.2) is 17.5 Å². The van der Waals surface area contributed by atoms with E-state index in [9.17, 15) is 14.4 Å². The van der Waals surface area contributed by atoms with E-state index in [1.807, 2.05) is 24.4 Å². The molecule has 0 radical (unpaired) electrons. The molecule has 136 valence electrons. The minimum Gasteiger partial charge on any atom is -0.455 e. The summed E-state index contributed by atoms with van der Waals surface area (Å²) in [5.41, 5.74) is 0. The van der Waals surface area contributed by atoms with Crippen LogP contribution in [-0.2, 0) is 14.3 Å². The van der Waals surface area contributed by atoms with Crippen molar-refractivity contribution in [2.75, 3.05) is 19.7 Å². The lowest BCUT2D eigenvalue weighted by Gasteiger charge is -2.30. The minimum atomic E-state index is -0.336. The number of thiophene rings is 1. The minimum absolute atomic E-state index is 0.0234. The summed E-state index contributed by atoms with van der Waals surface area (Å²) >= 11 is 1.43. The van der Waals surface area contributed by atoms with Crippen LogP contribution >= 0.6 is 11.3 Å². The molecule has 0 unspecified atom stereocenters. The number of esters is 1. The number of amides is 2. The average Bonchev–Trinajstić information content (AvgIpc) is 3.34. The molecule has 25 heavy (non-hydrogen) atoms. The highest BCUT2D eigenvalue weighted by Crippen LogP contribution is 2.32. The van der Waals surface area contributed by atoms with Crippen molar-refractivity contribution in [3.05, 3.63) is 22.4 Å². The van der Waals surface area contributed by atoms with E-state index < -0.39 is 0 Å². The zero-order valence-corrected chi connectivity index (χ0v) is 15.2. The standard InChI is InChI=1S/C18H24N2O4S/c1-12(13-4-5-13)19-16(21)11-24-18(23)14-6-8-20(9-7-14)17(22)15-3-2-10-25-15/h2-3,10,12-14H,4-9,11H2,1H3,(H,19,21)/t12-/m1/s1. The second-order valence-electron chi connectivity index (χ2n) is 6.85. The van der Waals surface area contributed by atoms with Gasteiger partial charge in [0, 0.05) is 19.1 Å². The summed E-state index contributed by atoms with van der Waals surface area (Å²) in [4.78, 5) is 38.7. The Morgan fingerprint density at radius 1 is 1.28 bits per heavy atom. The molecule has 0 aromatic carbocycles. The van der Waals surface area contributed by atoms with Gasteiger partial charge in [0.2, 0.25) is 0 Å². The molecule has 1 N–H and O–H groups in total. The largest absolute Gasteiger partial charge is 0.455 e. The normalized spacial score (nSPS) is 19.3. The maximum Gasteiger partial charge on any atom is 0.309 e. The summed E-state index contributed by atoms with van der Waals surface area (Å²) in [6.45, 7) is 2.85. The number of carbonyl (C=O) groups excluding carboxylic acids is 3. The van der Waals surface area contributed by atoms with E-state index in [-0.39, 0.29) is 36.4 Å². The zero-order valence-electron chi connectivity index (χ0n) is 14.4. The van der Waals surface area contributed by atoms with Crippen LogP contribution in [-0.4, -0.2) is 48.4 Å². The lowest BCUT2D eigenvalue weighted by atomic mass is 9.97. The Kier molecular flexibility index (Phi) is 5.73. The van der Waals surface area contributed by atoms with Crippen LogP contribution in [0.25, 0.3) is 0 Å². The van der Waals surface area contributed by atoms with Crippen LogP contribution in [0.5, 0.6) is 0 Å². The first-order chi connectivity index (χ1) is 12.0. The van der Waals surface area contributed by atoms with Crippen LogP contribution in [0.2, 0.25) is 0 Å². The molecular formula is C18H24N2O4S. The van der Waals surface area contributed by atoms with Gasteiger partial charge in [-0.2, -0.15) is 0 Å². The summed E-state index contributed by atoms with van der Waals surface area (Å²) in [5, 5.41) is 4.75. The molecule has 1 atom stereocenters. The van der Waals surface area contributed by atoms with Crippen LogP contribution in [0.3, 0.4) is 0 Å². The number of nitrogens with zero attached hydrogens (tertiary/aromatic N) is 1. The number of hydrogen-bond donors (Lipinski definition) is 1. The lowest BCUT2D eigenvalue weighted by molar-refractivity contribution is -0.154. The van der Waals surface area contributed by atoms with Gasteiger partial charge in [0.05, 0.1) is 10.8 Å². The van der Waals surface area contributed by atoms with E-state index in [4.69, 9.17) is 4.74 Å². The van der Waals surface area contributed by atoms with E-state index in [0.717, 1.165) is 17.7 Å². The van der Waals surface area contributed by atoms with E-state index in [1.165, 1.54) is 11.3 Å². The van der Waals surface area contributed by atoms with Crippen molar-refractivity contribution in [2.45, 2.75) is 38.6 Å². The molecular weight excluding hydrogens is 340 g/mol. The Balaban J connectivity index is 1.37. The van der Waals surface area contributed by atoms with E-state index in [2.05, 4.69) is 5.32 Å². The van der Waals surface area contributed by atoms with Gasteiger partial charge in [-0.25, -0.2) is 0 Å². The van der Waals surface area contributed by atoms with Gasteiger partial charge in [-0.3, -0.25) is 14.4 Å². The van der Waals surface area contributed by atoms with Gasteiger partial charge in [-0.15, -0.1) is 11.3 Å². The smallest absolute Gasteiger partial charge is 0.309 e. The third kappa shape index (κ3) is 4.81. The highest BCUT2D eigenvalue weighted by molar-refractivity contribution is 7.12. The third-order valence-corrected chi connectivity index (χ3v) is 5.77. The molecule has 2 amide bonds. The highest BCUT2D eigenvalue weighted by atomic mass is 32.1. The number of piperidine rings is 1. The summed E-state index contributed by atoms with van der Waals surface area (Å²) in [6, 6.07) is 3.82. The quantitative estimate of drug-likeness (QED) is 0.784. The van der Waals surface area contributed by atoms with Gasteiger partial charge >= 0.3 is 5.97 Å². The van der Waals surface area contributed by atoms with Gasteiger partial charge in [-0.1, -0.05) is 6.07 Å². The molecule has 2 fully saturated rings. The Hall–Kier alpha value is -1.89. The fourth-order valence-corrected chi connectivity index (χ4v) is 3.83. The van der Waals surface area contributed by atoms with Crippen molar-refractivity contribution in [3.8, 4) is 0 Å². The van der Waals surface area contributed by atoms with Crippen LogP contribution < -0.4 is 5.32 Å². The molecule has 3 rings (SSSR count). The van der Waals surface area contributed by atoms with Gasteiger partial charge < -0.3 is 15.0 Å². The van der Waals surface area contributed by atoms with Crippen molar-refractivity contribution < 1.29 is 19.1 Å². The SMILES string of the molecule is C[C@@H](NC(=O)COC(=O)C1CCN(C(=O)c2cccs2)CC1)C1CC1. The van der Waals surface area contributed by atoms with Gasteiger partial charge in [0.1, 0.15) is 0 Å². The molecule has 1 aliphatic heterocycles.